The van der Waals surface area contributed by atoms with Crippen molar-refractivity contribution in [1.29, 1.82) is 0 Å². The molecule has 3 aromatic rings. The second-order valence-corrected chi connectivity index (χ2v) is 7.60. The summed E-state index contributed by atoms with van der Waals surface area (Å²) in [5, 5.41) is 3.09. The molecule has 1 heterocycles. The van der Waals surface area contributed by atoms with Crippen molar-refractivity contribution in [2.75, 3.05) is 19.6 Å². The van der Waals surface area contributed by atoms with Gasteiger partial charge < -0.3 is 5.32 Å². The van der Waals surface area contributed by atoms with Crippen molar-refractivity contribution in [3.63, 3.8) is 0 Å². The predicted octanol–water partition coefficient (Wildman–Crippen LogP) is 2.80. The first kappa shape index (κ1) is 21.8. The van der Waals surface area contributed by atoms with E-state index in [1.807, 2.05) is 30.3 Å². The van der Waals surface area contributed by atoms with Crippen LogP contribution in [0.2, 0.25) is 0 Å². The third-order valence-electron chi connectivity index (χ3n) is 5.79. The number of likely N-dealkylation sites (N-methyl/N-ethyl adjacent to an activating group) is 1. The lowest BCUT2D eigenvalue weighted by Crippen LogP contribution is -2.45. The highest BCUT2D eigenvalue weighted by Crippen LogP contribution is 2.12. The van der Waals surface area contributed by atoms with Crippen LogP contribution >= 0.6 is 0 Å². The highest BCUT2D eigenvalue weighted by molar-refractivity contribution is 5.77. The van der Waals surface area contributed by atoms with Crippen LogP contribution in [0.3, 0.4) is 0 Å². The van der Waals surface area contributed by atoms with E-state index in [2.05, 4.69) is 48.3 Å². The third-order valence-corrected chi connectivity index (χ3v) is 5.79. The Morgan fingerprint density at radius 3 is 2.30 bits per heavy atom. The van der Waals surface area contributed by atoms with Crippen LogP contribution in [0, 0.1) is 0 Å². The number of benzene rings is 2. The van der Waals surface area contributed by atoms with Gasteiger partial charge in [0.1, 0.15) is 0 Å². The number of nitrogens with one attached hydrogen (secondary N) is 1. The van der Waals surface area contributed by atoms with Crippen molar-refractivity contribution in [1.82, 2.24) is 19.4 Å². The van der Waals surface area contributed by atoms with Crippen molar-refractivity contribution in [2.24, 2.45) is 7.05 Å². The summed E-state index contributed by atoms with van der Waals surface area (Å²) < 4.78 is 3.31. The van der Waals surface area contributed by atoms with Gasteiger partial charge in [0.25, 0.3) is 0 Å². The van der Waals surface area contributed by atoms with Gasteiger partial charge in [-0.2, -0.15) is 0 Å². The van der Waals surface area contributed by atoms with Crippen LogP contribution in [0.25, 0.3) is 11.0 Å². The van der Waals surface area contributed by atoms with E-state index in [1.165, 1.54) is 5.56 Å². The molecule has 0 aliphatic heterocycles. The first-order chi connectivity index (χ1) is 14.5. The van der Waals surface area contributed by atoms with Crippen molar-refractivity contribution >= 4 is 16.9 Å². The Morgan fingerprint density at radius 1 is 1.00 bits per heavy atom. The molecule has 2 aromatic carbocycles. The van der Waals surface area contributed by atoms with Crippen molar-refractivity contribution in [3.05, 3.63) is 70.6 Å². The summed E-state index contributed by atoms with van der Waals surface area (Å²) in [5.74, 6) is -0.0277. The molecule has 1 atom stereocenters. The van der Waals surface area contributed by atoms with Crippen LogP contribution in [-0.2, 0) is 24.8 Å². The molecule has 0 aliphatic carbocycles. The molecule has 6 nitrogen and oxygen atoms in total. The minimum Gasteiger partial charge on any atom is -0.354 e. The first-order valence-electron chi connectivity index (χ1n) is 10.7. The average Bonchev–Trinajstić information content (AvgIpc) is 3.02. The van der Waals surface area contributed by atoms with E-state index in [-0.39, 0.29) is 24.1 Å². The van der Waals surface area contributed by atoms with E-state index >= 15 is 0 Å². The summed E-state index contributed by atoms with van der Waals surface area (Å²) in [6.45, 7) is 7.15. The highest BCUT2D eigenvalue weighted by Gasteiger charge is 2.18. The number of fused-ring (bicyclic) bond motifs is 1. The molecule has 1 aromatic heterocycles. The number of amides is 1. The molecule has 0 aliphatic rings. The quantitative estimate of drug-likeness (QED) is 0.561. The maximum absolute atomic E-state index is 12.6. The lowest BCUT2D eigenvalue weighted by atomic mass is 10.0. The topological polar surface area (TPSA) is 59.3 Å². The lowest BCUT2D eigenvalue weighted by molar-refractivity contribution is -0.121. The maximum Gasteiger partial charge on any atom is 0.328 e. The average molecular weight is 409 g/mol. The molecule has 1 unspecified atom stereocenters. The largest absolute Gasteiger partial charge is 0.354 e. The summed E-state index contributed by atoms with van der Waals surface area (Å²) in [6.07, 6.45) is 1.18. The molecule has 0 saturated heterocycles. The Kier molecular flexibility index (Phi) is 7.46. The number of hydrogen-bond acceptors (Lipinski definition) is 3. The molecule has 0 spiro atoms. The Balaban J connectivity index is 1.62. The third kappa shape index (κ3) is 5.00. The highest BCUT2D eigenvalue weighted by atomic mass is 16.2. The van der Waals surface area contributed by atoms with Crippen molar-refractivity contribution in [2.45, 2.75) is 39.3 Å². The Bertz CT molecular complexity index is 1020. The van der Waals surface area contributed by atoms with E-state index in [9.17, 15) is 9.59 Å². The van der Waals surface area contributed by atoms with Crippen LogP contribution < -0.4 is 11.0 Å². The van der Waals surface area contributed by atoms with E-state index < -0.39 is 0 Å². The fraction of sp³-hybridized carbons (Fsp3) is 0.417. The molecule has 0 bridgehead atoms. The number of rotatable bonds is 10. The number of imidazole rings is 1. The van der Waals surface area contributed by atoms with Gasteiger partial charge >= 0.3 is 5.69 Å². The fourth-order valence-corrected chi connectivity index (χ4v) is 4.07. The molecule has 0 fully saturated rings. The second-order valence-electron chi connectivity index (χ2n) is 7.60. The van der Waals surface area contributed by atoms with Gasteiger partial charge in [0, 0.05) is 32.6 Å². The molecule has 30 heavy (non-hydrogen) atoms. The summed E-state index contributed by atoms with van der Waals surface area (Å²) in [7, 11) is 1.76. The number of hydrogen-bond donors (Lipinski definition) is 1. The fourth-order valence-electron chi connectivity index (χ4n) is 4.07. The van der Waals surface area contributed by atoms with Crippen LogP contribution in [0.1, 0.15) is 25.8 Å². The Labute approximate surface area is 178 Å². The van der Waals surface area contributed by atoms with Gasteiger partial charge in [0.15, 0.2) is 0 Å². The summed E-state index contributed by atoms with van der Waals surface area (Å²) >= 11 is 0. The zero-order valence-corrected chi connectivity index (χ0v) is 18.2. The standard InChI is InChI=1S/C24H32N4O2/c1-4-27(5-2)20(17-19-11-7-6-8-12-19)18-25-23(29)15-16-28-22-14-10-9-13-21(22)26(3)24(28)30/h6-14,20H,4-5,15-18H2,1-3H3,(H,25,29). The Morgan fingerprint density at radius 2 is 1.63 bits per heavy atom. The number of nitrogens with zero attached hydrogens (tertiary/aromatic N) is 3. The second kappa shape index (κ2) is 10.3. The molecule has 160 valence electrons. The zero-order valence-electron chi connectivity index (χ0n) is 18.2. The molecular formula is C24H32N4O2. The van der Waals surface area contributed by atoms with Crippen LogP contribution in [0.4, 0.5) is 0 Å². The van der Waals surface area contributed by atoms with Gasteiger partial charge in [-0.25, -0.2) is 4.79 Å². The zero-order chi connectivity index (χ0) is 21.5. The SMILES string of the molecule is CCN(CC)C(CNC(=O)CCn1c(=O)n(C)c2ccccc21)Cc1ccccc1. The van der Waals surface area contributed by atoms with Crippen LogP contribution in [-0.4, -0.2) is 45.6 Å². The number of aromatic nitrogens is 2. The van der Waals surface area contributed by atoms with E-state index in [1.54, 1.807) is 16.2 Å². The Hall–Kier alpha value is -2.86. The summed E-state index contributed by atoms with van der Waals surface area (Å²) in [5.41, 5.74) is 2.93. The molecule has 6 heteroatoms. The number of para-hydroxylation sites is 2. The van der Waals surface area contributed by atoms with Gasteiger partial charge in [-0.05, 0) is 37.2 Å². The van der Waals surface area contributed by atoms with E-state index in [0.717, 1.165) is 30.5 Å². The molecule has 0 radical (unpaired) electrons. The van der Waals surface area contributed by atoms with Gasteiger partial charge in [-0.3, -0.25) is 18.8 Å². The molecule has 0 saturated carbocycles. The summed E-state index contributed by atoms with van der Waals surface area (Å²) in [4.78, 5) is 27.5. The van der Waals surface area contributed by atoms with Gasteiger partial charge in [-0.15, -0.1) is 0 Å². The predicted molar refractivity (Wildman–Crippen MR) is 122 cm³/mol. The summed E-state index contributed by atoms with van der Waals surface area (Å²) in [6, 6.07) is 18.3. The van der Waals surface area contributed by atoms with E-state index in [4.69, 9.17) is 0 Å². The molecule has 1 amide bonds. The van der Waals surface area contributed by atoms with Gasteiger partial charge in [0.2, 0.25) is 5.91 Å². The number of aryl methyl sites for hydroxylation is 2. The van der Waals surface area contributed by atoms with Crippen LogP contribution in [0.15, 0.2) is 59.4 Å². The van der Waals surface area contributed by atoms with Crippen molar-refractivity contribution in [3.8, 4) is 0 Å². The smallest absolute Gasteiger partial charge is 0.328 e. The molecular weight excluding hydrogens is 376 g/mol. The minimum atomic E-state index is -0.0888. The van der Waals surface area contributed by atoms with Gasteiger partial charge in [0.05, 0.1) is 11.0 Å². The minimum absolute atomic E-state index is 0.0277. The number of carbonyl (C=O) groups is 1. The maximum atomic E-state index is 12.6. The van der Waals surface area contributed by atoms with Gasteiger partial charge in [-0.1, -0.05) is 56.3 Å². The first-order valence-corrected chi connectivity index (χ1v) is 10.7. The monoisotopic (exact) mass is 408 g/mol. The van der Waals surface area contributed by atoms with Crippen LogP contribution in [0.5, 0.6) is 0 Å². The van der Waals surface area contributed by atoms with Crippen molar-refractivity contribution < 1.29 is 4.79 Å². The lowest BCUT2D eigenvalue weighted by Gasteiger charge is -2.30. The molecule has 3 rings (SSSR count). The molecule has 1 N–H and O–H groups in total. The normalized spacial score (nSPS) is 12.4. The number of carbonyl (C=O) groups excluding carboxylic acids is 1. The van der Waals surface area contributed by atoms with E-state index in [0.29, 0.717) is 13.1 Å².